The highest BCUT2D eigenvalue weighted by Crippen LogP contribution is 2.37. The lowest BCUT2D eigenvalue weighted by Gasteiger charge is -2.14. The van der Waals surface area contributed by atoms with Gasteiger partial charge in [-0.15, -0.1) is 0 Å². The van der Waals surface area contributed by atoms with E-state index in [4.69, 9.17) is 26.3 Å². The van der Waals surface area contributed by atoms with E-state index >= 15 is 0 Å². The van der Waals surface area contributed by atoms with Gasteiger partial charge in [-0.2, -0.15) is 0 Å². The summed E-state index contributed by atoms with van der Waals surface area (Å²) in [5, 5.41) is 12.3. The summed E-state index contributed by atoms with van der Waals surface area (Å²) in [4.78, 5) is 0. The normalized spacial score (nSPS) is 10.9. The summed E-state index contributed by atoms with van der Waals surface area (Å²) in [5.74, 6) is 1.17. The van der Waals surface area contributed by atoms with Gasteiger partial charge in [-0.05, 0) is 52.7 Å². The quantitative estimate of drug-likeness (QED) is 0.438. The molecule has 0 saturated carbocycles. The Balaban J connectivity index is 2.25. The van der Waals surface area contributed by atoms with Crippen LogP contribution in [0, 0.1) is 0 Å². The molecule has 0 atom stereocenters. The Morgan fingerprint density at radius 1 is 1.27 bits per heavy atom. The molecule has 6 heteroatoms. The molecule has 0 fully saturated rings. The van der Waals surface area contributed by atoms with Crippen LogP contribution >= 0.6 is 27.5 Å². The van der Waals surface area contributed by atoms with Crippen molar-refractivity contribution in [2.75, 3.05) is 6.61 Å². The third-order valence-electron chi connectivity index (χ3n) is 2.81. The third-order valence-corrected chi connectivity index (χ3v) is 3.63. The molecule has 2 rings (SSSR count). The SMILES string of the molecule is CCOc1cc(/C=N\O)cc(Br)c1OCc1cccc(Cl)c1. The second kappa shape index (κ2) is 8.06. The highest BCUT2D eigenvalue weighted by molar-refractivity contribution is 9.10. The van der Waals surface area contributed by atoms with Gasteiger partial charge in [0, 0.05) is 10.6 Å². The minimum Gasteiger partial charge on any atom is -0.490 e. The molecular weight excluding hydrogens is 370 g/mol. The number of rotatable bonds is 6. The number of benzene rings is 2. The fraction of sp³-hybridized carbons (Fsp3) is 0.188. The third kappa shape index (κ3) is 4.39. The molecule has 0 aliphatic heterocycles. The van der Waals surface area contributed by atoms with Crippen molar-refractivity contribution in [2.45, 2.75) is 13.5 Å². The van der Waals surface area contributed by atoms with Gasteiger partial charge in [0.15, 0.2) is 11.5 Å². The van der Waals surface area contributed by atoms with Crippen LogP contribution in [0.15, 0.2) is 46.0 Å². The summed E-state index contributed by atoms with van der Waals surface area (Å²) in [7, 11) is 0. The summed E-state index contributed by atoms with van der Waals surface area (Å²) in [6, 6.07) is 11.0. The number of hydrogen-bond acceptors (Lipinski definition) is 4. The van der Waals surface area contributed by atoms with Crippen molar-refractivity contribution in [2.24, 2.45) is 5.16 Å². The molecule has 2 aromatic carbocycles. The standard InChI is InChI=1S/C16H15BrClNO3/c1-2-21-15-8-12(9-19-20)7-14(17)16(15)22-10-11-4-3-5-13(18)6-11/h3-9,20H,2,10H2,1H3/b19-9-. The molecule has 0 aromatic heterocycles. The predicted molar refractivity (Wildman–Crippen MR) is 90.5 cm³/mol. The van der Waals surface area contributed by atoms with Gasteiger partial charge in [0.1, 0.15) is 6.61 Å². The van der Waals surface area contributed by atoms with Crippen molar-refractivity contribution in [3.63, 3.8) is 0 Å². The lowest BCUT2D eigenvalue weighted by molar-refractivity contribution is 0.267. The van der Waals surface area contributed by atoms with Crippen LogP contribution in [0.5, 0.6) is 11.5 Å². The first-order chi connectivity index (χ1) is 10.6. The molecule has 116 valence electrons. The van der Waals surface area contributed by atoms with E-state index in [1.807, 2.05) is 31.2 Å². The molecule has 1 N–H and O–H groups in total. The lowest BCUT2D eigenvalue weighted by Crippen LogP contribution is -2.01. The van der Waals surface area contributed by atoms with Gasteiger partial charge >= 0.3 is 0 Å². The van der Waals surface area contributed by atoms with Crippen molar-refractivity contribution >= 4 is 33.7 Å². The highest BCUT2D eigenvalue weighted by Gasteiger charge is 2.12. The Morgan fingerprint density at radius 3 is 2.77 bits per heavy atom. The van der Waals surface area contributed by atoms with Crippen LogP contribution < -0.4 is 9.47 Å². The minimum absolute atomic E-state index is 0.368. The highest BCUT2D eigenvalue weighted by atomic mass is 79.9. The average molecular weight is 385 g/mol. The molecule has 0 amide bonds. The van der Waals surface area contributed by atoms with Gasteiger partial charge in [-0.3, -0.25) is 0 Å². The van der Waals surface area contributed by atoms with Crippen molar-refractivity contribution in [1.82, 2.24) is 0 Å². The van der Waals surface area contributed by atoms with E-state index in [9.17, 15) is 0 Å². The van der Waals surface area contributed by atoms with Gasteiger partial charge < -0.3 is 14.7 Å². The summed E-state index contributed by atoms with van der Waals surface area (Å²) in [6.07, 6.45) is 1.33. The maximum atomic E-state index is 8.65. The largest absolute Gasteiger partial charge is 0.490 e. The molecule has 0 saturated heterocycles. The number of oxime groups is 1. The number of ether oxygens (including phenoxy) is 2. The van der Waals surface area contributed by atoms with Crippen molar-refractivity contribution < 1.29 is 14.7 Å². The Bertz CT molecular complexity index is 676. The Labute approximate surface area is 142 Å². The van der Waals surface area contributed by atoms with E-state index < -0.39 is 0 Å². The average Bonchev–Trinajstić information content (AvgIpc) is 2.47. The van der Waals surface area contributed by atoms with Crippen LogP contribution in [0.1, 0.15) is 18.1 Å². The van der Waals surface area contributed by atoms with Gasteiger partial charge in [0.2, 0.25) is 0 Å². The zero-order valence-electron chi connectivity index (χ0n) is 11.9. The van der Waals surface area contributed by atoms with Gasteiger partial charge in [-0.25, -0.2) is 0 Å². The van der Waals surface area contributed by atoms with Crippen LogP contribution in [-0.4, -0.2) is 18.0 Å². The zero-order chi connectivity index (χ0) is 15.9. The molecule has 0 unspecified atom stereocenters. The fourth-order valence-electron chi connectivity index (χ4n) is 1.91. The van der Waals surface area contributed by atoms with E-state index in [0.717, 1.165) is 10.0 Å². The molecule has 0 heterocycles. The zero-order valence-corrected chi connectivity index (χ0v) is 14.3. The van der Waals surface area contributed by atoms with Crippen LogP contribution in [0.3, 0.4) is 0 Å². The summed E-state index contributed by atoms with van der Waals surface area (Å²) < 4.78 is 12.2. The second-order valence-corrected chi connectivity index (χ2v) is 5.72. The molecule has 4 nitrogen and oxygen atoms in total. The maximum Gasteiger partial charge on any atom is 0.175 e. The fourth-order valence-corrected chi connectivity index (χ4v) is 2.70. The van der Waals surface area contributed by atoms with Crippen molar-refractivity contribution in [3.05, 3.63) is 57.0 Å². The number of nitrogens with zero attached hydrogens (tertiary/aromatic N) is 1. The van der Waals surface area contributed by atoms with Gasteiger partial charge in [0.05, 0.1) is 17.3 Å². The van der Waals surface area contributed by atoms with Crippen molar-refractivity contribution in [3.8, 4) is 11.5 Å². The summed E-state index contributed by atoms with van der Waals surface area (Å²) >= 11 is 9.42. The smallest absolute Gasteiger partial charge is 0.175 e. The van der Waals surface area contributed by atoms with Gasteiger partial charge in [0.25, 0.3) is 0 Å². The van der Waals surface area contributed by atoms with E-state index in [1.165, 1.54) is 6.21 Å². The van der Waals surface area contributed by atoms with E-state index in [2.05, 4.69) is 21.1 Å². The molecule has 0 spiro atoms. The van der Waals surface area contributed by atoms with Crippen LogP contribution in [0.25, 0.3) is 0 Å². The first-order valence-corrected chi connectivity index (χ1v) is 7.82. The molecule has 0 radical (unpaired) electrons. The lowest BCUT2D eigenvalue weighted by atomic mass is 10.2. The maximum absolute atomic E-state index is 8.65. The first kappa shape index (κ1) is 16.6. The second-order valence-electron chi connectivity index (χ2n) is 4.43. The van der Waals surface area contributed by atoms with Crippen LogP contribution in [0.2, 0.25) is 5.02 Å². The summed E-state index contributed by atoms with van der Waals surface area (Å²) in [5.41, 5.74) is 1.66. The van der Waals surface area contributed by atoms with Gasteiger partial charge in [-0.1, -0.05) is 28.9 Å². The predicted octanol–water partition coefficient (Wildman–Crippen LogP) is 4.89. The Morgan fingerprint density at radius 2 is 2.09 bits per heavy atom. The number of halogens is 2. The topological polar surface area (TPSA) is 51.0 Å². The number of hydrogen-bond donors (Lipinski definition) is 1. The Hall–Kier alpha value is -1.72. The van der Waals surface area contributed by atoms with Crippen LogP contribution in [-0.2, 0) is 6.61 Å². The van der Waals surface area contributed by atoms with Crippen molar-refractivity contribution in [1.29, 1.82) is 0 Å². The molecular formula is C16H15BrClNO3. The molecule has 0 aliphatic rings. The Kier molecular flexibility index (Phi) is 6.10. The van der Waals surface area contributed by atoms with E-state index in [1.54, 1.807) is 12.1 Å². The first-order valence-electron chi connectivity index (χ1n) is 6.65. The molecule has 2 aromatic rings. The molecule has 0 bridgehead atoms. The monoisotopic (exact) mass is 383 g/mol. The summed E-state index contributed by atoms with van der Waals surface area (Å²) in [6.45, 7) is 2.76. The molecule has 0 aliphatic carbocycles. The van der Waals surface area contributed by atoms with E-state index in [-0.39, 0.29) is 0 Å². The van der Waals surface area contributed by atoms with Crippen LogP contribution in [0.4, 0.5) is 0 Å². The van der Waals surface area contributed by atoms with E-state index in [0.29, 0.717) is 35.3 Å². The molecule has 22 heavy (non-hydrogen) atoms. The minimum atomic E-state index is 0.368.